The summed E-state index contributed by atoms with van der Waals surface area (Å²) in [5, 5.41) is 11.3. The Bertz CT molecular complexity index is 686. The molecule has 0 unspecified atom stereocenters. The minimum absolute atomic E-state index is 0.197. The molecule has 1 N–H and O–H groups in total. The Labute approximate surface area is 103 Å². The van der Waals surface area contributed by atoms with Gasteiger partial charge >= 0.3 is 0 Å². The molecule has 0 bridgehead atoms. The smallest absolute Gasteiger partial charge is 0.153 e. The first-order valence-corrected chi connectivity index (χ1v) is 5.60. The number of halogens is 1. The van der Waals surface area contributed by atoms with Crippen molar-refractivity contribution in [2.24, 2.45) is 0 Å². The van der Waals surface area contributed by atoms with Crippen molar-refractivity contribution in [1.82, 2.24) is 0 Å². The average molecular weight is 245 g/mol. The van der Waals surface area contributed by atoms with E-state index in [1.807, 2.05) is 24.3 Å². The van der Waals surface area contributed by atoms with Crippen molar-refractivity contribution in [3.8, 4) is 17.1 Å². The SMILES string of the molecule is Oc1ccccc1-c1cc2cccc(Cl)c2o1. The molecule has 1 heterocycles. The van der Waals surface area contributed by atoms with Crippen molar-refractivity contribution >= 4 is 22.6 Å². The molecule has 0 fully saturated rings. The van der Waals surface area contributed by atoms with Crippen LogP contribution in [0.4, 0.5) is 0 Å². The Morgan fingerprint density at radius 1 is 1.00 bits per heavy atom. The predicted octanol–water partition coefficient (Wildman–Crippen LogP) is 4.46. The van der Waals surface area contributed by atoms with Crippen molar-refractivity contribution in [3.63, 3.8) is 0 Å². The predicted molar refractivity (Wildman–Crippen MR) is 68.3 cm³/mol. The normalized spacial score (nSPS) is 10.9. The van der Waals surface area contributed by atoms with E-state index in [-0.39, 0.29) is 5.75 Å². The molecular weight excluding hydrogens is 236 g/mol. The van der Waals surface area contributed by atoms with Crippen molar-refractivity contribution in [1.29, 1.82) is 0 Å². The number of para-hydroxylation sites is 2. The lowest BCUT2D eigenvalue weighted by Gasteiger charge is -1.99. The van der Waals surface area contributed by atoms with Gasteiger partial charge in [0.1, 0.15) is 11.5 Å². The Hall–Kier alpha value is -1.93. The zero-order chi connectivity index (χ0) is 11.8. The van der Waals surface area contributed by atoms with E-state index in [2.05, 4.69) is 0 Å². The van der Waals surface area contributed by atoms with Crippen LogP contribution in [0.3, 0.4) is 0 Å². The number of aromatic hydroxyl groups is 1. The molecule has 0 saturated heterocycles. The van der Waals surface area contributed by atoms with Crippen molar-refractivity contribution in [2.75, 3.05) is 0 Å². The molecule has 0 amide bonds. The molecule has 0 aliphatic heterocycles. The maximum atomic E-state index is 9.77. The van der Waals surface area contributed by atoms with Crippen LogP contribution >= 0.6 is 11.6 Å². The fourth-order valence-electron chi connectivity index (χ4n) is 1.84. The van der Waals surface area contributed by atoms with Crippen molar-refractivity contribution in [2.45, 2.75) is 0 Å². The van der Waals surface area contributed by atoms with E-state index in [4.69, 9.17) is 16.0 Å². The van der Waals surface area contributed by atoms with Gasteiger partial charge in [-0.1, -0.05) is 35.9 Å². The molecule has 3 rings (SSSR count). The molecule has 0 saturated carbocycles. The first-order chi connectivity index (χ1) is 8.25. The van der Waals surface area contributed by atoms with E-state index in [1.54, 1.807) is 24.3 Å². The zero-order valence-corrected chi connectivity index (χ0v) is 9.61. The summed E-state index contributed by atoms with van der Waals surface area (Å²) in [4.78, 5) is 0. The highest BCUT2D eigenvalue weighted by Gasteiger charge is 2.11. The van der Waals surface area contributed by atoms with Crippen molar-refractivity contribution < 1.29 is 9.52 Å². The molecule has 0 radical (unpaired) electrons. The summed E-state index contributed by atoms with van der Waals surface area (Å²) >= 11 is 6.04. The Morgan fingerprint density at radius 3 is 2.59 bits per heavy atom. The molecule has 2 nitrogen and oxygen atoms in total. The molecule has 3 aromatic rings. The summed E-state index contributed by atoms with van der Waals surface area (Å²) in [6, 6.07) is 14.5. The van der Waals surface area contributed by atoms with Crippen molar-refractivity contribution in [3.05, 3.63) is 53.6 Å². The lowest BCUT2D eigenvalue weighted by Crippen LogP contribution is -1.73. The molecule has 84 valence electrons. The molecule has 0 spiro atoms. The summed E-state index contributed by atoms with van der Waals surface area (Å²) < 4.78 is 5.67. The van der Waals surface area contributed by atoms with Gasteiger partial charge in [0.2, 0.25) is 0 Å². The van der Waals surface area contributed by atoms with Crippen LogP contribution in [0.15, 0.2) is 52.9 Å². The second-order valence-electron chi connectivity index (χ2n) is 3.79. The van der Waals surface area contributed by atoms with Gasteiger partial charge in [-0.05, 0) is 24.3 Å². The summed E-state index contributed by atoms with van der Waals surface area (Å²) in [5.74, 6) is 0.814. The molecule has 0 aliphatic carbocycles. The largest absolute Gasteiger partial charge is 0.507 e. The summed E-state index contributed by atoms with van der Waals surface area (Å²) in [5.41, 5.74) is 1.31. The lowest BCUT2D eigenvalue weighted by atomic mass is 10.1. The molecule has 17 heavy (non-hydrogen) atoms. The number of hydrogen-bond acceptors (Lipinski definition) is 2. The number of benzene rings is 2. The highest BCUT2D eigenvalue weighted by atomic mass is 35.5. The highest BCUT2D eigenvalue weighted by Crippen LogP contribution is 2.35. The third kappa shape index (κ3) is 1.67. The van der Waals surface area contributed by atoms with Crippen LogP contribution in [0.2, 0.25) is 5.02 Å². The van der Waals surface area contributed by atoms with Gasteiger partial charge in [0, 0.05) is 5.39 Å². The summed E-state index contributed by atoms with van der Waals surface area (Å²) in [7, 11) is 0. The molecule has 2 aromatic carbocycles. The first kappa shape index (κ1) is 10.2. The minimum atomic E-state index is 0.197. The first-order valence-electron chi connectivity index (χ1n) is 5.22. The standard InChI is InChI=1S/C14H9ClO2/c15-11-6-3-4-9-8-13(17-14(9)11)10-5-1-2-7-12(10)16/h1-8,16H. The van der Waals surface area contributed by atoms with Crippen LogP contribution in [0.5, 0.6) is 5.75 Å². The van der Waals surface area contributed by atoms with E-state index in [0.717, 1.165) is 5.39 Å². The van der Waals surface area contributed by atoms with Crippen LogP contribution in [0.1, 0.15) is 0 Å². The van der Waals surface area contributed by atoms with E-state index < -0.39 is 0 Å². The lowest BCUT2D eigenvalue weighted by molar-refractivity contribution is 0.475. The number of fused-ring (bicyclic) bond motifs is 1. The Morgan fingerprint density at radius 2 is 1.82 bits per heavy atom. The summed E-state index contributed by atoms with van der Waals surface area (Å²) in [6.07, 6.45) is 0. The third-order valence-corrected chi connectivity index (χ3v) is 2.96. The van der Waals surface area contributed by atoms with Gasteiger partial charge in [0.05, 0.1) is 10.6 Å². The van der Waals surface area contributed by atoms with Crippen LogP contribution in [0.25, 0.3) is 22.3 Å². The molecular formula is C14H9ClO2. The van der Waals surface area contributed by atoms with Gasteiger partial charge < -0.3 is 9.52 Å². The van der Waals surface area contributed by atoms with E-state index in [0.29, 0.717) is 21.9 Å². The van der Waals surface area contributed by atoms with Gasteiger partial charge in [-0.15, -0.1) is 0 Å². The number of phenols is 1. The molecule has 3 heteroatoms. The Kier molecular flexibility index (Phi) is 2.30. The van der Waals surface area contributed by atoms with E-state index in [9.17, 15) is 5.11 Å². The fraction of sp³-hybridized carbons (Fsp3) is 0. The van der Waals surface area contributed by atoms with Gasteiger partial charge in [-0.2, -0.15) is 0 Å². The maximum absolute atomic E-state index is 9.77. The fourth-order valence-corrected chi connectivity index (χ4v) is 2.06. The number of rotatable bonds is 1. The summed E-state index contributed by atoms with van der Waals surface area (Å²) in [6.45, 7) is 0. The van der Waals surface area contributed by atoms with Crippen LogP contribution in [-0.2, 0) is 0 Å². The number of furan rings is 1. The van der Waals surface area contributed by atoms with E-state index in [1.165, 1.54) is 0 Å². The molecule has 0 atom stereocenters. The Balaban J connectivity index is 2.26. The molecule has 0 aliphatic rings. The monoisotopic (exact) mass is 244 g/mol. The number of hydrogen-bond donors (Lipinski definition) is 1. The van der Waals surface area contributed by atoms with E-state index >= 15 is 0 Å². The second kappa shape index (κ2) is 3.82. The van der Waals surface area contributed by atoms with Crippen LogP contribution < -0.4 is 0 Å². The quantitative estimate of drug-likeness (QED) is 0.686. The zero-order valence-electron chi connectivity index (χ0n) is 8.85. The van der Waals surface area contributed by atoms with Gasteiger partial charge in [-0.25, -0.2) is 0 Å². The van der Waals surface area contributed by atoms with Crippen LogP contribution in [0, 0.1) is 0 Å². The number of phenolic OH excluding ortho intramolecular Hbond substituents is 1. The molecule has 1 aromatic heterocycles. The van der Waals surface area contributed by atoms with Gasteiger partial charge in [0.25, 0.3) is 0 Å². The van der Waals surface area contributed by atoms with Gasteiger partial charge in [0.15, 0.2) is 5.58 Å². The topological polar surface area (TPSA) is 33.4 Å². The third-order valence-electron chi connectivity index (χ3n) is 2.67. The van der Waals surface area contributed by atoms with Crippen LogP contribution in [-0.4, -0.2) is 5.11 Å². The minimum Gasteiger partial charge on any atom is -0.507 e. The average Bonchev–Trinajstić information content (AvgIpc) is 2.75. The maximum Gasteiger partial charge on any atom is 0.153 e. The second-order valence-corrected chi connectivity index (χ2v) is 4.19. The highest BCUT2D eigenvalue weighted by molar-refractivity contribution is 6.34. The van der Waals surface area contributed by atoms with Gasteiger partial charge in [-0.3, -0.25) is 0 Å².